The highest BCUT2D eigenvalue weighted by Gasteiger charge is 2.18. The summed E-state index contributed by atoms with van der Waals surface area (Å²) in [5.74, 6) is 0. The van der Waals surface area contributed by atoms with E-state index in [4.69, 9.17) is 0 Å². The predicted octanol–water partition coefficient (Wildman–Crippen LogP) is 3.13. The van der Waals surface area contributed by atoms with Gasteiger partial charge in [0.15, 0.2) is 20.5 Å². The number of aromatic nitrogens is 3. The molecule has 0 atom stereocenters. The van der Waals surface area contributed by atoms with Gasteiger partial charge in [-0.25, -0.2) is 18.4 Å². The Morgan fingerprint density at radius 1 is 1.09 bits per heavy atom. The molecule has 2 heterocycles. The molecule has 0 aliphatic rings. The minimum atomic E-state index is -3.44. The van der Waals surface area contributed by atoms with Crippen LogP contribution in [0.5, 0.6) is 0 Å². The topological polar surface area (TPSA) is 64.3 Å². The van der Waals surface area contributed by atoms with Crippen LogP contribution in [0.25, 0.3) is 16.9 Å². The van der Waals surface area contributed by atoms with Crippen LogP contribution in [0.1, 0.15) is 19.5 Å². The van der Waals surface area contributed by atoms with Crippen LogP contribution in [0.3, 0.4) is 0 Å². The Labute approximate surface area is 130 Å². The van der Waals surface area contributed by atoms with Gasteiger partial charge >= 0.3 is 0 Å². The number of hydrogen-bond acceptors (Lipinski definition) is 4. The molecule has 0 N–H and O–H groups in total. The van der Waals surface area contributed by atoms with E-state index in [9.17, 15) is 8.42 Å². The van der Waals surface area contributed by atoms with E-state index in [1.165, 1.54) is 0 Å². The van der Waals surface area contributed by atoms with Gasteiger partial charge in [-0.05, 0) is 6.92 Å². The van der Waals surface area contributed by atoms with Gasteiger partial charge in [-0.3, -0.25) is 4.40 Å². The number of sulfone groups is 1. The Morgan fingerprint density at radius 3 is 2.32 bits per heavy atom. The zero-order valence-electron chi connectivity index (χ0n) is 13.1. The summed E-state index contributed by atoms with van der Waals surface area (Å²) in [5.41, 5.74) is 2.71. The van der Waals surface area contributed by atoms with Crippen LogP contribution >= 0.6 is 0 Å². The van der Waals surface area contributed by atoms with E-state index in [1.807, 2.05) is 57.3 Å². The van der Waals surface area contributed by atoms with E-state index >= 15 is 0 Å². The number of aryl methyl sites for hydroxylation is 1. The van der Waals surface area contributed by atoms with Crippen molar-refractivity contribution in [2.24, 2.45) is 0 Å². The van der Waals surface area contributed by atoms with Crippen LogP contribution in [-0.4, -0.2) is 29.0 Å². The Hall–Kier alpha value is -2.21. The molecule has 0 saturated heterocycles. The summed E-state index contributed by atoms with van der Waals surface area (Å²) in [6.45, 7) is 5.88. The van der Waals surface area contributed by atoms with E-state index in [0.29, 0.717) is 11.3 Å². The molecule has 0 radical (unpaired) electrons. The fourth-order valence-corrected chi connectivity index (χ4v) is 2.82. The Kier molecular flexibility index (Phi) is 4.61. The fraction of sp³-hybridized carbons (Fsp3) is 0.250. The highest BCUT2D eigenvalue weighted by molar-refractivity contribution is 7.90. The summed E-state index contributed by atoms with van der Waals surface area (Å²) in [6.07, 6.45) is 4.59. The Balaban J connectivity index is 0.000000847. The number of rotatable bonds is 2. The van der Waals surface area contributed by atoms with Crippen molar-refractivity contribution in [1.82, 2.24) is 14.4 Å². The Bertz CT molecular complexity index is 884. The molecule has 0 unspecified atom stereocenters. The number of nitrogens with zero attached hydrogens (tertiary/aromatic N) is 3. The van der Waals surface area contributed by atoms with E-state index < -0.39 is 9.84 Å². The van der Waals surface area contributed by atoms with Gasteiger partial charge in [0.2, 0.25) is 0 Å². The van der Waals surface area contributed by atoms with Gasteiger partial charge in [0, 0.05) is 29.9 Å². The summed E-state index contributed by atoms with van der Waals surface area (Å²) in [7, 11) is -3.44. The summed E-state index contributed by atoms with van der Waals surface area (Å²) in [6, 6.07) is 9.48. The Morgan fingerprint density at radius 2 is 1.73 bits per heavy atom. The number of fused-ring (bicyclic) bond motifs is 1. The lowest BCUT2D eigenvalue weighted by molar-refractivity contribution is 0.598. The second-order valence-corrected chi connectivity index (χ2v) is 6.59. The lowest BCUT2D eigenvalue weighted by Crippen LogP contribution is -2.06. The van der Waals surface area contributed by atoms with Crippen molar-refractivity contribution in [3.8, 4) is 11.3 Å². The molecule has 6 heteroatoms. The monoisotopic (exact) mass is 317 g/mol. The van der Waals surface area contributed by atoms with Crippen molar-refractivity contribution in [2.45, 2.75) is 25.8 Å². The second-order valence-electron chi connectivity index (χ2n) is 4.66. The molecule has 2 aromatic heterocycles. The van der Waals surface area contributed by atoms with E-state index in [1.54, 1.807) is 10.6 Å². The third-order valence-electron chi connectivity index (χ3n) is 3.07. The molecule has 0 bridgehead atoms. The van der Waals surface area contributed by atoms with Crippen molar-refractivity contribution in [1.29, 1.82) is 0 Å². The smallest absolute Gasteiger partial charge is 0.199 e. The minimum absolute atomic E-state index is 0.00644. The number of imidazole rings is 1. The third-order valence-corrected chi connectivity index (χ3v) is 4.04. The lowest BCUT2D eigenvalue weighted by Gasteiger charge is -2.07. The molecular weight excluding hydrogens is 298 g/mol. The van der Waals surface area contributed by atoms with Crippen LogP contribution in [-0.2, 0) is 9.84 Å². The SMILES string of the molecule is CC.Cc1cnc2c(S(C)(=O)=O)nc(-c3ccccc3)cn12. The molecule has 5 nitrogen and oxygen atoms in total. The van der Waals surface area contributed by atoms with Crippen molar-refractivity contribution in [2.75, 3.05) is 6.26 Å². The molecule has 0 fully saturated rings. The maximum atomic E-state index is 11.9. The van der Waals surface area contributed by atoms with Gasteiger partial charge in [-0.15, -0.1) is 0 Å². The predicted molar refractivity (Wildman–Crippen MR) is 87.6 cm³/mol. The average molecular weight is 317 g/mol. The van der Waals surface area contributed by atoms with Crippen LogP contribution in [0.15, 0.2) is 47.8 Å². The van der Waals surface area contributed by atoms with Gasteiger partial charge in [0.1, 0.15) is 0 Å². The average Bonchev–Trinajstić information content (AvgIpc) is 2.90. The third kappa shape index (κ3) is 3.01. The quantitative estimate of drug-likeness (QED) is 0.728. The van der Waals surface area contributed by atoms with Gasteiger partial charge in [-0.2, -0.15) is 0 Å². The molecule has 0 aliphatic heterocycles. The first-order valence-electron chi connectivity index (χ1n) is 7.07. The summed E-state index contributed by atoms with van der Waals surface area (Å²) >= 11 is 0. The number of benzene rings is 1. The largest absolute Gasteiger partial charge is 0.300 e. The molecule has 0 aliphatic carbocycles. The van der Waals surface area contributed by atoms with E-state index in [0.717, 1.165) is 17.5 Å². The van der Waals surface area contributed by atoms with Crippen molar-refractivity contribution < 1.29 is 8.42 Å². The van der Waals surface area contributed by atoms with Crippen LogP contribution in [0.4, 0.5) is 0 Å². The number of hydrogen-bond donors (Lipinski definition) is 0. The highest BCUT2D eigenvalue weighted by Crippen LogP contribution is 2.22. The maximum absolute atomic E-state index is 11.9. The maximum Gasteiger partial charge on any atom is 0.199 e. The standard InChI is InChI=1S/C14H13N3O2S.C2H6/c1-10-8-15-13-14(20(2,18)19)16-12(9-17(10)13)11-6-4-3-5-7-11;1-2/h3-9H,1-2H3;1-2H3. The normalized spacial score (nSPS) is 11.1. The summed E-state index contributed by atoms with van der Waals surface area (Å²) in [5, 5.41) is 0.00644. The zero-order valence-corrected chi connectivity index (χ0v) is 13.9. The highest BCUT2D eigenvalue weighted by atomic mass is 32.2. The molecule has 3 aromatic rings. The lowest BCUT2D eigenvalue weighted by atomic mass is 10.2. The van der Waals surface area contributed by atoms with Crippen LogP contribution in [0.2, 0.25) is 0 Å². The van der Waals surface area contributed by atoms with Gasteiger partial charge in [-0.1, -0.05) is 44.2 Å². The first kappa shape index (κ1) is 16.2. The van der Waals surface area contributed by atoms with E-state index in [-0.39, 0.29) is 5.03 Å². The zero-order chi connectivity index (χ0) is 16.3. The molecule has 22 heavy (non-hydrogen) atoms. The molecule has 3 rings (SSSR count). The molecule has 0 saturated carbocycles. The molecule has 1 aromatic carbocycles. The second kappa shape index (κ2) is 6.27. The molecule has 0 spiro atoms. The van der Waals surface area contributed by atoms with Crippen molar-refractivity contribution in [3.63, 3.8) is 0 Å². The first-order chi connectivity index (χ1) is 10.5. The van der Waals surface area contributed by atoms with Gasteiger partial charge < -0.3 is 0 Å². The van der Waals surface area contributed by atoms with E-state index in [2.05, 4.69) is 9.97 Å². The summed E-state index contributed by atoms with van der Waals surface area (Å²) in [4.78, 5) is 8.43. The molecular formula is C16H19N3O2S. The molecule has 0 amide bonds. The minimum Gasteiger partial charge on any atom is -0.300 e. The van der Waals surface area contributed by atoms with Crippen LogP contribution in [0, 0.1) is 6.92 Å². The van der Waals surface area contributed by atoms with Crippen molar-refractivity contribution in [3.05, 3.63) is 48.4 Å². The molecule has 116 valence electrons. The fourth-order valence-electron chi connectivity index (χ4n) is 2.07. The van der Waals surface area contributed by atoms with Gasteiger partial charge in [0.25, 0.3) is 0 Å². The van der Waals surface area contributed by atoms with Crippen molar-refractivity contribution >= 4 is 15.5 Å². The van der Waals surface area contributed by atoms with Crippen LogP contribution < -0.4 is 0 Å². The summed E-state index contributed by atoms with van der Waals surface area (Å²) < 4.78 is 25.6. The first-order valence-corrected chi connectivity index (χ1v) is 8.96. The van der Waals surface area contributed by atoms with Gasteiger partial charge in [0.05, 0.1) is 5.69 Å².